The van der Waals surface area contributed by atoms with Crippen LogP contribution in [0.2, 0.25) is 0 Å². The molecule has 1 aromatic carbocycles. The smallest absolute Gasteiger partial charge is 0.148 e. The van der Waals surface area contributed by atoms with Crippen LogP contribution in [0.25, 0.3) is 10.9 Å². The second kappa shape index (κ2) is 5.89. The number of rotatable bonds is 5. The summed E-state index contributed by atoms with van der Waals surface area (Å²) in [7, 11) is -2.94. The van der Waals surface area contributed by atoms with Gasteiger partial charge in [0.15, 0.2) is 0 Å². The fraction of sp³-hybridized carbons (Fsp3) is 0.400. The minimum absolute atomic E-state index is 0.0585. The Kier molecular flexibility index (Phi) is 4.40. The molecule has 0 radical (unpaired) electrons. The molecule has 0 saturated heterocycles. The molecule has 2 rings (SSSR count). The van der Waals surface area contributed by atoms with Crippen molar-refractivity contribution in [2.75, 3.05) is 12.0 Å². The van der Waals surface area contributed by atoms with Crippen LogP contribution in [0.3, 0.4) is 0 Å². The van der Waals surface area contributed by atoms with E-state index in [2.05, 4.69) is 22.4 Å². The average Bonchev–Trinajstić information content (AvgIpc) is 2.34. The Balaban J connectivity index is 2.05. The van der Waals surface area contributed by atoms with Gasteiger partial charge < -0.3 is 5.32 Å². The maximum atomic E-state index is 11.2. The summed E-state index contributed by atoms with van der Waals surface area (Å²) in [6.07, 6.45) is 1.26. The van der Waals surface area contributed by atoms with Gasteiger partial charge in [-0.15, -0.1) is 0 Å². The summed E-state index contributed by atoms with van der Waals surface area (Å²) in [5.74, 6) is 0.154. The van der Waals surface area contributed by atoms with Crippen LogP contribution >= 0.6 is 0 Å². The van der Waals surface area contributed by atoms with Crippen molar-refractivity contribution in [1.29, 1.82) is 0 Å². The normalized spacial score (nSPS) is 13.6. The summed E-state index contributed by atoms with van der Waals surface area (Å²) in [5.41, 5.74) is 3.12. The molecule has 0 aliphatic rings. The van der Waals surface area contributed by atoms with Crippen molar-refractivity contribution in [3.8, 4) is 0 Å². The maximum absolute atomic E-state index is 11.2. The van der Waals surface area contributed by atoms with Crippen LogP contribution in [0.15, 0.2) is 30.3 Å². The van der Waals surface area contributed by atoms with Gasteiger partial charge in [0.1, 0.15) is 9.84 Å². The van der Waals surface area contributed by atoms with E-state index in [9.17, 15) is 8.42 Å². The van der Waals surface area contributed by atoms with Gasteiger partial charge in [-0.2, -0.15) is 0 Å². The zero-order valence-electron chi connectivity index (χ0n) is 12.1. The lowest BCUT2D eigenvalue weighted by molar-refractivity contribution is 0.560. The predicted molar refractivity (Wildman–Crippen MR) is 82.5 cm³/mol. The van der Waals surface area contributed by atoms with Gasteiger partial charge in [0, 0.05) is 29.9 Å². The number of sulfone groups is 1. The number of benzene rings is 1. The monoisotopic (exact) mass is 292 g/mol. The highest BCUT2D eigenvalue weighted by molar-refractivity contribution is 7.90. The number of aromatic nitrogens is 1. The van der Waals surface area contributed by atoms with Crippen LogP contribution in [0.4, 0.5) is 0 Å². The second-order valence-electron chi connectivity index (χ2n) is 5.35. The Morgan fingerprint density at radius 3 is 2.70 bits per heavy atom. The van der Waals surface area contributed by atoms with Gasteiger partial charge in [-0.3, -0.25) is 4.98 Å². The molecule has 1 heterocycles. The van der Waals surface area contributed by atoms with Crippen molar-refractivity contribution in [2.24, 2.45) is 0 Å². The third-order valence-electron chi connectivity index (χ3n) is 3.10. The lowest BCUT2D eigenvalue weighted by Crippen LogP contribution is -2.32. The SMILES string of the molecule is Cc1ccc2cc(CNC(C)CS(C)(=O)=O)ccc2n1. The first-order chi connectivity index (χ1) is 9.33. The standard InChI is InChI=1S/C15H20N2O2S/c1-11-4-6-14-8-13(5-7-15(14)17-11)9-16-12(2)10-20(3,18)19/h4-8,12,16H,9-10H2,1-3H3. The topological polar surface area (TPSA) is 59.1 Å². The molecule has 1 aromatic heterocycles. The molecule has 0 aliphatic carbocycles. The Morgan fingerprint density at radius 2 is 2.00 bits per heavy atom. The van der Waals surface area contributed by atoms with Gasteiger partial charge in [0.05, 0.1) is 11.3 Å². The molecule has 1 atom stereocenters. The number of aryl methyl sites for hydroxylation is 1. The molecule has 0 saturated carbocycles. The first-order valence-electron chi connectivity index (χ1n) is 6.61. The summed E-state index contributed by atoms with van der Waals surface area (Å²) in [6, 6.07) is 10.1. The van der Waals surface area contributed by atoms with Crippen molar-refractivity contribution >= 4 is 20.7 Å². The average molecular weight is 292 g/mol. The van der Waals surface area contributed by atoms with Crippen LogP contribution in [-0.4, -0.2) is 31.5 Å². The zero-order chi connectivity index (χ0) is 14.8. The van der Waals surface area contributed by atoms with E-state index in [-0.39, 0.29) is 11.8 Å². The van der Waals surface area contributed by atoms with Crippen molar-refractivity contribution in [3.63, 3.8) is 0 Å². The summed E-state index contributed by atoms with van der Waals surface area (Å²) >= 11 is 0. The molecule has 0 bridgehead atoms. The molecule has 108 valence electrons. The second-order valence-corrected chi connectivity index (χ2v) is 7.54. The molecule has 0 aliphatic heterocycles. The first kappa shape index (κ1) is 14.9. The van der Waals surface area contributed by atoms with Crippen LogP contribution < -0.4 is 5.32 Å². The molecular formula is C15H20N2O2S. The number of hydrogen-bond donors (Lipinski definition) is 1. The number of fused-ring (bicyclic) bond motifs is 1. The molecule has 0 spiro atoms. The largest absolute Gasteiger partial charge is 0.309 e. The van der Waals surface area contributed by atoms with Gasteiger partial charge in [-0.25, -0.2) is 8.42 Å². The Labute approximate surface area is 120 Å². The fourth-order valence-electron chi connectivity index (χ4n) is 2.19. The molecule has 20 heavy (non-hydrogen) atoms. The van der Waals surface area contributed by atoms with E-state index in [4.69, 9.17) is 0 Å². The minimum atomic E-state index is -2.94. The van der Waals surface area contributed by atoms with Crippen LogP contribution in [-0.2, 0) is 16.4 Å². The third-order valence-corrected chi connectivity index (χ3v) is 4.21. The number of pyridine rings is 1. The molecule has 1 unspecified atom stereocenters. The molecule has 5 heteroatoms. The highest BCUT2D eigenvalue weighted by Crippen LogP contribution is 2.14. The molecule has 2 aromatic rings. The van der Waals surface area contributed by atoms with Gasteiger partial charge in [0.25, 0.3) is 0 Å². The molecule has 0 amide bonds. The highest BCUT2D eigenvalue weighted by Gasteiger charge is 2.09. The Morgan fingerprint density at radius 1 is 1.25 bits per heavy atom. The number of nitrogens with one attached hydrogen (secondary N) is 1. The van der Waals surface area contributed by atoms with Crippen LogP contribution in [0.1, 0.15) is 18.2 Å². The molecule has 1 N–H and O–H groups in total. The first-order valence-corrected chi connectivity index (χ1v) is 8.67. The van der Waals surface area contributed by atoms with Crippen molar-refractivity contribution in [1.82, 2.24) is 10.3 Å². The number of nitrogens with zero attached hydrogens (tertiary/aromatic N) is 1. The van der Waals surface area contributed by atoms with E-state index in [1.54, 1.807) is 0 Å². The van der Waals surface area contributed by atoms with Crippen molar-refractivity contribution in [2.45, 2.75) is 26.4 Å². The van der Waals surface area contributed by atoms with E-state index in [1.807, 2.05) is 32.0 Å². The van der Waals surface area contributed by atoms with Gasteiger partial charge in [0.2, 0.25) is 0 Å². The summed E-state index contributed by atoms with van der Waals surface area (Å²) in [6.45, 7) is 4.51. The molecule has 4 nitrogen and oxygen atoms in total. The Hall–Kier alpha value is -1.46. The van der Waals surface area contributed by atoms with Gasteiger partial charge in [-0.05, 0) is 37.6 Å². The maximum Gasteiger partial charge on any atom is 0.148 e. The minimum Gasteiger partial charge on any atom is -0.309 e. The fourth-order valence-corrected chi connectivity index (χ4v) is 3.22. The van der Waals surface area contributed by atoms with E-state index in [1.165, 1.54) is 6.26 Å². The van der Waals surface area contributed by atoms with E-state index >= 15 is 0 Å². The van der Waals surface area contributed by atoms with E-state index in [0.717, 1.165) is 22.2 Å². The van der Waals surface area contributed by atoms with E-state index in [0.29, 0.717) is 6.54 Å². The lowest BCUT2D eigenvalue weighted by atomic mass is 10.1. The summed E-state index contributed by atoms with van der Waals surface area (Å²) < 4.78 is 22.4. The van der Waals surface area contributed by atoms with Crippen LogP contribution in [0, 0.1) is 6.92 Å². The Bertz CT molecular complexity index is 711. The third kappa shape index (κ3) is 4.28. The van der Waals surface area contributed by atoms with Gasteiger partial charge in [-0.1, -0.05) is 12.1 Å². The van der Waals surface area contributed by atoms with Crippen LogP contribution in [0.5, 0.6) is 0 Å². The predicted octanol–water partition coefficient (Wildman–Crippen LogP) is 2.07. The quantitative estimate of drug-likeness (QED) is 0.916. The molecular weight excluding hydrogens is 272 g/mol. The van der Waals surface area contributed by atoms with E-state index < -0.39 is 9.84 Å². The van der Waals surface area contributed by atoms with Crippen molar-refractivity contribution < 1.29 is 8.42 Å². The highest BCUT2D eigenvalue weighted by atomic mass is 32.2. The summed E-state index contributed by atoms with van der Waals surface area (Å²) in [5, 5.41) is 4.33. The van der Waals surface area contributed by atoms with Gasteiger partial charge >= 0.3 is 0 Å². The zero-order valence-corrected chi connectivity index (χ0v) is 12.9. The lowest BCUT2D eigenvalue weighted by Gasteiger charge is -2.13. The number of hydrogen-bond acceptors (Lipinski definition) is 4. The van der Waals surface area contributed by atoms with Crippen molar-refractivity contribution in [3.05, 3.63) is 41.6 Å². The molecule has 0 fully saturated rings. The summed E-state index contributed by atoms with van der Waals surface area (Å²) in [4.78, 5) is 4.46.